The normalized spacial score (nSPS) is 12.3. The first-order chi connectivity index (χ1) is 13.4. The molecule has 0 fully saturated rings. The van der Waals surface area contributed by atoms with Crippen molar-refractivity contribution in [1.82, 2.24) is 29.5 Å². The van der Waals surface area contributed by atoms with E-state index in [0.29, 0.717) is 17.6 Å². The summed E-state index contributed by atoms with van der Waals surface area (Å²) in [5, 5.41) is 7.32. The summed E-state index contributed by atoms with van der Waals surface area (Å²) < 4.78 is 8.09. The lowest BCUT2D eigenvalue weighted by atomic mass is 10.1. The average molecular weight is 384 g/mol. The summed E-state index contributed by atoms with van der Waals surface area (Å²) in [5.74, 6) is 0.500. The van der Waals surface area contributed by atoms with E-state index in [-0.39, 0.29) is 24.1 Å². The molecule has 3 aromatic rings. The molecular weight excluding hydrogens is 360 g/mol. The van der Waals surface area contributed by atoms with Gasteiger partial charge in [0.25, 0.3) is 5.56 Å². The third kappa shape index (κ3) is 4.04. The number of methoxy groups -OCH3 is 1. The number of amides is 1. The number of hydrogen-bond donors (Lipinski definition) is 1. The lowest BCUT2D eigenvalue weighted by Gasteiger charge is -2.25. The minimum Gasteiger partial charge on any atom is -0.497 e. The van der Waals surface area contributed by atoms with E-state index in [1.165, 1.54) is 21.8 Å². The molecule has 0 aliphatic heterocycles. The van der Waals surface area contributed by atoms with Crippen LogP contribution in [-0.2, 0) is 18.4 Å². The van der Waals surface area contributed by atoms with Crippen molar-refractivity contribution in [2.75, 3.05) is 27.7 Å². The van der Waals surface area contributed by atoms with Gasteiger partial charge in [-0.25, -0.2) is 4.98 Å². The Bertz CT molecular complexity index is 1040. The van der Waals surface area contributed by atoms with Gasteiger partial charge in [-0.15, -0.1) is 0 Å². The molecule has 28 heavy (non-hydrogen) atoms. The number of nitrogens with zero attached hydrogens (tertiary/aromatic N) is 5. The Morgan fingerprint density at radius 3 is 2.86 bits per heavy atom. The van der Waals surface area contributed by atoms with Gasteiger partial charge in [0.2, 0.25) is 5.91 Å². The topological polar surface area (TPSA) is 94.3 Å². The summed E-state index contributed by atoms with van der Waals surface area (Å²) in [7, 11) is 7.23. The summed E-state index contributed by atoms with van der Waals surface area (Å²) in [6.45, 7) is 0.297. The number of benzene rings is 1. The largest absolute Gasteiger partial charge is 0.497 e. The van der Waals surface area contributed by atoms with Crippen LogP contribution in [0.5, 0.6) is 5.75 Å². The quantitative estimate of drug-likeness (QED) is 0.640. The molecule has 0 saturated heterocycles. The molecule has 148 valence electrons. The number of carbonyl (C=O) groups is 1. The summed E-state index contributed by atoms with van der Waals surface area (Å²) in [6, 6.07) is 7.70. The molecule has 2 aromatic heterocycles. The SMILES string of the molecule is COc1cccc(C(CNC(=O)Cn2cnc3c(cnn3C)c2=O)N(C)C)c1. The minimum absolute atomic E-state index is 0.0327. The Labute approximate surface area is 162 Å². The second-order valence-corrected chi connectivity index (χ2v) is 6.74. The molecule has 3 rings (SSSR count). The van der Waals surface area contributed by atoms with Crippen molar-refractivity contribution in [2.45, 2.75) is 12.6 Å². The minimum atomic E-state index is -0.287. The van der Waals surface area contributed by atoms with Gasteiger partial charge in [0.15, 0.2) is 5.65 Å². The molecule has 1 unspecified atom stereocenters. The van der Waals surface area contributed by atoms with Gasteiger partial charge < -0.3 is 15.0 Å². The van der Waals surface area contributed by atoms with E-state index in [4.69, 9.17) is 4.74 Å². The average Bonchev–Trinajstić information content (AvgIpc) is 3.05. The highest BCUT2D eigenvalue weighted by molar-refractivity contribution is 5.77. The van der Waals surface area contributed by atoms with Gasteiger partial charge in [-0.05, 0) is 31.8 Å². The lowest BCUT2D eigenvalue weighted by molar-refractivity contribution is -0.121. The van der Waals surface area contributed by atoms with Gasteiger partial charge in [0.1, 0.15) is 24.0 Å². The Hall–Kier alpha value is -3.20. The number of ether oxygens (including phenoxy) is 1. The maximum Gasteiger partial charge on any atom is 0.264 e. The fourth-order valence-electron chi connectivity index (χ4n) is 3.05. The smallest absolute Gasteiger partial charge is 0.264 e. The third-order valence-corrected chi connectivity index (χ3v) is 4.63. The number of nitrogens with one attached hydrogen (secondary N) is 1. The van der Waals surface area contributed by atoms with Crippen LogP contribution in [0.3, 0.4) is 0 Å². The molecular formula is C19H24N6O3. The van der Waals surface area contributed by atoms with Crippen molar-refractivity contribution < 1.29 is 9.53 Å². The van der Waals surface area contributed by atoms with Crippen LogP contribution in [0, 0.1) is 0 Å². The zero-order valence-electron chi connectivity index (χ0n) is 16.4. The second-order valence-electron chi connectivity index (χ2n) is 6.74. The number of aryl methyl sites for hydroxylation is 1. The van der Waals surface area contributed by atoms with Crippen LogP contribution in [0.1, 0.15) is 11.6 Å². The highest BCUT2D eigenvalue weighted by Crippen LogP contribution is 2.22. The van der Waals surface area contributed by atoms with Crippen LogP contribution < -0.4 is 15.6 Å². The van der Waals surface area contributed by atoms with E-state index >= 15 is 0 Å². The Morgan fingerprint density at radius 1 is 1.36 bits per heavy atom. The molecule has 1 amide bonds. The Morgan fingerprint density at radius 2 is 2.14 bits per heavy atom. The molecule has 0 radical (unpaired) electrons. The summed E-state index contributed by atoms with van der Waals surface area (Å²) in [6.07, 6.45) is 2.83. The molecule has 1 aromatic carbocycles. The summed E-state index contributed by atoms with van der Waals surface area (Å²) in [4.78, 5) is 31.1. The van der Waals surface area contributed by atoms with Gasteiger partial charge in [-0.1, -0.05) is 12.1 Å². The first-order valence-corrected chi connectivity index (χ1v) is 8.85. The second kappa shape index (κ2) is 8.22. The maximum atomic E-state index is 12.5. The number of hydrogen-bond acceptors (Lipinski definition) is 6. The molecule has 9 nitrogen and oxygen atoms in total. The van der Waals surface area contributed by atoms with Crippen LogP contribution in [-0.4, -0.2) is 57.9 Å². The monoisotopic (exact) mass is 384 g/mol. The first kappa shape index (κ1) is 19.6. The summed E-state index contributed by atoms with van der Waals surface area (Å²) in [5.41, 5.74) is 1.23. The van der Waals surface area contributed by atoms with Crippen molar-refractivity contribution in [3.05, 3.63) is 52.7 Å². The van der Waals surface area contributed by atoms with Crippen LogP contribution in [0.4, 0.5) is 0 Å². The third-order valence-electron chi connectivity index (χ3n) is 4.63. The number of likely N-dealkylation sites (N-methyl/N-ethyl adjacent to an activating group) is 1. The zero-order chi connectivity index (χ0) is 20.3. The highest BCUT2D eigenvalue weighted by Gasteiger charge is 2.17. The molecule has 9 heteroatoms. The van der Waals surface area contributed by atoms with Crippen LogP contribution in [0.2, 0.25) is 0 Å². The van der Waals surface area contributed by atoms with Crippen molar-refractivity contribution in [3.63, 3.8) is 0 Å². The van der Waals surface area contributed by atoms with Gasteiger partial charge in [0.05, 0.1) is 19.3 Å². The van der Waals surface area contributed by atoms with Gasteiger partial charge >= 0.3 is 0 Å². The molecule has 0 spiro atoms. The molecule has 1 N–H and O–H groups in total. The zero-order valence-corrected chi connectivity index (χ0v) is 16.4. The lowest BCUT2D eigenvalue weighted by Crippen LogP contribution is -2.37. The first-order valence-electron chi connectivity index (χ1n) is 8.85. The Kier molecular flexibility index (Phi) is 5.74. The van der Waals surface area contributed by atoms with E-state index in [0.717, 1.165) is 11.3 Å². The predicted octanol–water partition coefficient (Wildman–Crippen LogP) is 0.558. The van der Waals surface area contributed by atoms with E-state index in [9.17, 15) is 9.59 Å². The fourth-order valence-corrected chi connectivity index (χ4v) is 3.05. The number of rotatable bonds is 7. The van der Waals surface area contributed by atoms with Gasteiger partial charge in [-0.2, -0.15) is 5.10 Å². The molecule has 0 bridgehead atoms. The van der Waals surface area contributed by atoms with E-state index < -0.39 is 0 Å². The number of aromatic nitrogens is 4. The van der Waals surface area contributed by atoms with Crippen molar-refractivity contribution in [1.29, 1.82) is 0 Å². The van der Waals surface area contributed by atoms with Crippen LogP contribution in [0.15, 0.2) is 41.6 Å². The van der Waals surface area contributed by atoms with Crippen molar-refractivity contribution in [2.24, 2.45) is 7.05 Å². The summed E-state index contributed by atoms with van der Waals surface area (Å²) >= 11 is 0. The standard InChI is InChI=1S/C19H24N6O3/c1-23(2)16(13-6-5-7-14(8-13)28-4)10-20-17(26)11-25-12-21-18-15(19(25)27)9-22-24(18)3/h5-9,12,16H,10-11H2,1-4H3,(H,20,26). The maximum absolute atomic E-state index is 12.5. The number of carbonyl (C=O) groups excluding carboxylic acids is 1. The Balaban J connectivity index is 1.70. The number of fused-ring (bicyclic) bond motifs is 1. The molecule has 0 aliphatic rings. The predicted molar refractivity (Wildman–Crippen MR) is 105 cm³/mol. The molecule has 2 heterocycles. The molecule has 0 saturated carbocycles. The molecule has 1 atom stereocenters. The van der Waals surface area contributed by atoms with Crippen LogP contribution >= 0.6 is 0 Å². The van der Waals surface area contributed by atoms with Crippen molar-refractivity contribution in [3.8, 4) is 5.75 Å². The van der Waals surface area contributed by atoms with Crippen molar-refractivity contribution >= 4 is 16.9 Å². The van der Waals surface area contributed by atoms with Gasteiger partial charge in [-0.3, -0.25) is 18.8 Å². The van der Waals surface area contributed by atoms with E-state index in [2.05, 4.69) is 15.4 Å². The highest BCUT2D eigenvalue weighted by atomic mass is 16.5. The van der Waals surface area contributed by atoms with Crippen LogP contribution in [0.25, 0.3) is 11.0 Å². The van der Waals surface area contributed by atoms with Gasteiger partial charge in [0, 0.05) is 13.6 Å². The van der Waals surface area contributed by atoms with E-state index in [1.807, 2.05) is 43.3 Å². The fraction of sp³-hybridized carbons (Fsp3) is 0.368. The molecule has 0 aliphatic carbocycles. The van der Waals surface area contributed by atoms with E-state index in [1.54, 1.807) is 14.2 Å².